The van der Waals surface area contributed by atoms with Crippen molar-refractivity contribution < 1.29 is 4.79 Å². The fourth-order valence-electron chi connectivity index (χ4n) is 3.34. The van der Waals surface area contributed by atoms with Crippen molar-refractivity contribution >= 4 is 17.3 Å². The van der Waals surface area contributed by atoms with Crippen molar-refractivity contribution in [3.05, 3.63) is 60.2 Å². The summed E-state index contributed by atoms with van der Waals surface area (Å²) in [6, 6.07) is 18.7. The SMILES string of the molecule is CCCCc1ccc(NC(=O)CN2CCN(c3ccccc3)CC2)cc1. The molecular weight excluding hydrogens is 322 g/mol. The molecule has 4 heteroatoms. The molecule has 0 atom stereocenters. The number of rotatable bonds is 7. The number of unbranched alkanes of at least 4 members (excludes halogenated alkanes) is 1. The minimum atomic E-state index is 0.0690. The lowest BCUT2D eigenvalue weighted by Crippen LogP contribution is -2.48. The maximum Gasteiger partial charge on any atom is 0.238 e. The van der Waals surface area contributed by atoms with Crippen molar-refractivity contribution in [1.29, 1.82) is 0 Å². The lowest BCUT2D eigenvalue weighted by atomic mass is 10.1. The summed E-state index contributed by atoms with van der Waals surface area (Å²) in [6.07, 6.45) is 3.52. The standard InChI is InChI=1S/C22H29N3O/c1-2-3-7-19-10-12-20(13-11-19)23-22(26)18-24-14-16-25(17-15-24)21-8-5-4-6-9-21/h4-6,8-13H,2-3,7,14-18H2,1H3,(H,23,26). The number of amides is 1. The first kappa shape index (κ1) is 18.5. The fourth-order valence-corrected chi connectivity index (χ4v) is 3.34. The summed E-state index contributed by atoms with van der Waals surface area (Å²) in [4.78, 5) is 16.9. The predicted octanol–water partition coefficient (Wildman–Crippen LogP) is 3.79. The van der Waals surface area contributed by atoms with Crippen molar-refractivity contribution in [2.45, 2.75) is 26.2 Å². The normalized spacial score (nSPS) is 15.0. The van der Waals surface area contributed by atoms with Crippen LogP contribution >= 0.6 is 0 Å². The van der Waals surface area contributed by atoms with Crippen LogP contribution < -0.4 is 10.2 Å². The van der Waals surface area contributed by atoms with Gasteiger partial charge in [-0.05, 0) is 42.7 Å². The molecule has 0 radical (unpaired) electrons. The lowest BCUT2D eigenvalue weighted by Gasteiger charge is -2.35. The average molecular weight is 351 g/mol. The van der Waals surface area contributed by atoms with Crippen LogP contribution in [0.3, 0.4) is 0 Å². The predicted molar refractivity (Wildman–Crippen MR) is 109 cm³/mol. The molecule has 1 aliphatic heterocycles. The van der Waals surface area contributed by atoms with Gasteiger partial charge in [0.15, 0.2) is 0 Å². The smallest absolute Gasteiger partial charge is 0.238 e. The molecule has 4 nitrogen and oxygen atoms in total. The molecule has 0 aliphatic carbocycles. The van der Waals surface area contributed by atoms with Crippen LogP contribution in [0, 0.1) is 0 Å². The van der Waals surface area contributed by atoms with Gasteiger partial charge in [-0.3, -0.25) is 9.69 Å². The summed E-state index contributed by atoms with van der Waals surface area (Å²) < 4.78 is 0. The monoisotopic (exact) mass is 351 g/mol. The Labute approximate surface area is 156 Å². The number of benzene rings is 2. The summed E-state index contributed by atoms with van der Waals surface area (Å²) in [7, 11) is 0. The molecule has 26 heavy (non-hydrogen) atoms. The van der Waals surface area contributed by atoms with Gasteiger partial charge in [0.25, 0.3) is 0 Å². The highest BCUT2D eigenvalue weighted by Crippen LogP contribution is 2.16. The van der Waals surface area contributed by atoms with Crippen molar-refractivity contribution in [3.63, 3.8) is 0 Å². The Morgan fingerprint density at radius 2 is 1.65 bits per heavy atom. The Morgan fingerprint density at radius 1 is 0.962 bits per heavy atom. The lowest BCUT2D eigenvalue weighted by molar-refractivity contribution is -0.117. The Hall–Kier alpha value is -2.33. The number of nitrogens with one attached hydrogen (secondary N) is 1. The van der Waals surface area contributed by atoms with E-state index in [1.54, 1.807) is 0 Å². The van der Waals surface area contributed by atoms with Crippen molar-refractivity contribution in [2.24, 2.45) is 0 Å². The summed E-state index contributed by atoms with van der Waals surface area (Å²) >= 11 is 0. The molecule has 0 bridgehead atoms. The molecule has 1 aliphatic rings. The van der Waals surface area contributed by atoms with E-state index >= 15 is 0 Å². The largest absolute Gasteiger partial charge is 0.369 e. The summed E-state index contributed by atoms with van der Waals surface area (Å²) in [5.74, 6) is 0.0690. The molecule has 1 amide bonds. The average Bonchev–Trinajstić information content (AvgIpc) is 2.69. The number of piperazine rings is 1. The van der Waals surface area contributed by atoms with E-state index < -0.39 is 0 Å². The molecule has 0 spiro atoms. The molecule has 1 saturated heterocycles. The number of para-hydroxylation sites is 1. The summed E-state index contributed by atoms with van der Waals surface area (Å²) in [5, 5.41) is 3.02. The van der Waals surface area contributed by atoms with Gasteiger partial charge in [-0.2, -0.15) is 0 Å². The van der Waals surface area contributed by atoms with E-state index in [9.17, 15) is 4.79 Å². The van der Waals surface area contributed by atoms with Crippen LogP contribution in [0.25, 0.3) is 0 Å². The van der Waals surface area contributed by atoms with Gasteiger partial charge in [0.2, 0.25) is 5.91 Å². The number of carbonyl (C=O) groups is 1. The third-order valence-electron chi connectivity index (χ3n) is 4.92. The quantitative estimate of drug-likeness (QED) is 0.824. The van der Waals surface area contributed by atoms with Gasteiger partial charge in [-0.1, -0.05) is 43.7 Å². The van der Waals surface area contributed by atoms with E-state index in [0.29, 0.717) is 6.54 Å². The van der Waals surface area contributed by atoms with E-state index in [0.717, 1.165) is 38.3 Å². The van der Waals surface area contributed by atoms with Gasteiger partial charge in [-0.25, -0.2) is 0 Å². The molecule has 3 rings (SSSR count). The Morgan fingerprint density at radius 3 is 2.31 bits per heavy atom. The molecule has 0 saturated carbocycles. The maximum absolute atomic E-state index is 12.3. The Balaban J connectivity index is 1.43. The highest BCUT2D eigenvalue weighted by molar-refractivity contribution is 5.92. The molecular formula is C22H29N3O. The number of aryl methyl sites for hydroxylation is 1. The second-order valence-electron chi connectivity index (χ2n) is 6.95. The number of hydrogen-bond acceptors (Lipinski definition) is 3. The molecule has 2 aromatic carbocycles. The molecule has 0 unspecified atom stereocenters. The number of hydrogen-bond donors (Lipinski definition) is 1. The molecule has 1 fully saturated rings. The highest BCUT2D eigenvalue weighted by Gasteiger charge is 2.19. The first-order valence-corrected chi connectivity index (χ1v) is 9.66. The second kappa shape index (κ2) is 9.39. The maximum atomic E-state index is 12.3. The van der Waals surface area contributed by atoms with Crippen molar-refractivity contribution in [1.82, 2.24) is 4.90 Å². The summed E-state index contributed by atoms with van der Waals surface area (Å²) in [5.41, 5.74) is 3.49. The van der Waals surface area contributed by atoms with Gasteiger partial charge in [0.1, 0.15) is 0 Å². The molecule has 1 N–H and O–H groups in total. The van der Waals surface area contributed by atoms with Crippen molar-refractivity contribution in [3.8, 4) is 0 Å². The van der Waals surface area contributed by atoms with E-state index in [1.165, 1.54) is 24.1 Å². The van der Waals surface area contributed by atoms with Crippen LogP contribution in [-0.2, 0) is 11.2 Å². The minimum Gasteiger partial charge on any atom is -0.369 e. The Bertz CT molecular complexity index is 676. The first-order chi connectivity index (χ1) is 12.7. The van der Waals surface area contributed by atoms with Crippen LogP contribution in [-0.4, -0.2) is 43.5 Å². The zero-order chi connectivity index (χ0) is 18.2. The van der Waals surface area contributed by atoms with E-state index in [-0.39, 0.29) is 5.91 Å². The van der Waals surface area contributed by atoms with Gasteiger partial charge in [0.05, 0.1) is 6.54 Å². The minimum absolute atomic E-state index is 0.0690. The third-order valence-corrected chi connectivity index (χ3v) is 4.92. The zero-order valence-electron chi connectivity index (χ0n) is 15.7. The zero-order valence-corrected chi connectivity index (χ0v) is 15.7. The van der Waals surface area contributed by atoms with Crippen LogP contribution in [0.4, 0.5) is 11.4 Å². The molecule has 0 aromatic heterocycles. The van der Waals surface area contributed by atoms with Crippen LogP contribution in [0.2, 0.25) is 0 Å². The molecule has 2 aromatic rings. The number of anilines is 2. The molecule has 138 valence electrons. The van der Waals surface area contributed by atoms with E-state index in [4.69, 9.17) is 0 Å². The van der Waals surface area contributed by atoms with E-state index in [2.05, 4.69) is 58.4 Å². The van der Waals surface area contributed by atoms with Crippen LogP contribution in [0.15, 0.2) is 54.6 Å². The van der Waals surface area contributed by atoms with Gasteiger partial charge in [-0.15, -0.1) is 0 Å². The van der Waals surface area contributed by atoms with Crippen molar-refractivity contribution in [2.75, 3.05) is 42.9 Å². The fraction of sp³-hybridized carbons (Fsp3) is 0.409. The van der Waals surface area contributed by atoms with Crippen LogP contribution in [0.5, 0.6) is 0 Å². The third kappa shape index (κ3) is 5.33. The van der Waals surface area contributed by atoms with Gasteiger partial charge in [0, 0.05) is 37.6 Å². The number of carbonyl (C=O) groups excluding carboxylic acids is 1. The highest BCUT2D eigenvalue weighted by atomic mass is 16.2. The van der Waals surface area contributed by atoms with E-state index in [1.807, 2.05) is 18.2 Å². The number of nitrogens with zero attached hydrogens (tertiary/aromatic N) is 2. The van der Waals surface area contributed by atoms with Crippen LogP contribution in [0.1, 0.15) is 25.3 Å². The second-order valence-corrected chi connectivity index (χ2v) is 6.95. The van der Waals surface area contributed by atoms with Gasteiger partial charge < -0.3 is 10.2 Å². The first-order valence-electron chi connectivity index (χ1n) is 9.66. The topological polar surface area (TPSA) is 35.6 Å². The Kier molecular flexibility index (Phi) is 6.67. The molecule has 1 heterocycles. The summed E-state index contributed by atoms with van der Waals surface area (Å²) in [6.45, 7) is 6.41. The van der Waals surface area contributed by atoms with Gasteiger partial charge >= 0.3 is 0 Å².